The molecule has 0 saturated carbocycles. The first kappa shape index (κ1) is 24.1. The Kier molecular flexibility index (Phi) is 7.04. The van der Waals surface area contributed by atoms with Crippen molar-refractivity contribution < 1.29 is 19.4 Å². The van der Waals surface area contributed by atoms with Crippen LogP contribution in [-0.2, 0) is 14.3 Å². The van der Waals surface area contributed by atoms with Gasteiger partial charge in [0.05, 0.1) is 30.0 Å². The van der Waals surface area contributed by atoms with E-state index >= 15 is 0 Å². The van der Waals surface area contributed by atoms with Gasteiger partial charge < -0.3 is 14.7 Å². The zero-order valence-electron chi connectivity index (χ0n) is 18.8. The third kappa shape index (κ3) is 4.51. The molecule has 0 radical (unpaired) electrons. The standard InChI is InChI=1S/C26H29Cl2NO4/c1-3-21(22(30)4-2)29-24(16-8-10-18(27)11-9-16)20(17-6-5-7-19(28)12-17)13-26(25(29)32)14-23(31)33-15-26/h5-12,20-22,24,30H,3-4,13-15H2,1-2H3. The molecule has 2 aromatic rings. The first-order valence-corrected chi connectivity index (χ1v) is 12.2. The molecule has 176 valence electrons. The molecule has 0 aliphatic carbocycles. The number of hydrogen-bond acceptors (Lipinski definition) is 4. The minimum absolute atomic E-state index is 0.0470. The molecule has 2 aliphatic rings. The quantitative estimate of drug-likeness (QED) is 0.541. The molecule has 2 aromatic carbocycles. The van der Waals surface area contributed by atoms with Gasteiger partial charge >= 0.3 is 5.97 Å². The second-order valence-corrected chi connectivity index (χ2v) is 10.0. The van der Waals surface area contributed by atoms with E-state index in [0.717, 1.165) is 11.1 Å². The van der Waals surface area contributed by atoms with Crippen LogP contribution in [0, 0.1) is 5.41 Å². The number of benzene rings is 2. The molecule has 1 N–H and O–H groups in total. The van der Waals surface area contributed by atoms with Gasteiger partial charge in [-0.05, 0) is 54.7 Å². The minimum Gasteiger partial charge on any atom is -0.464 e. The van der Waals surface area contributed by atoms with Crippen molar-refractivity contribution in [3.05, 3.63) is 69.7 Å². The number of nitrogens with zero attached hydrogens (tertiary/aromatic N) is 1. The predicted octanol–water partition coefficient (Wildman–Crippen LogP) is 5.53. The summed E-state index contributed by atoms with van der Waals surface area (Å²) >= 11 is 12.5. The molecular weight excluding hydrogens is 461 g/mol. The number of piperidine rings is 1. The molecule has 33 heavy (non-hydrogen) atoms. The molecule has 2 heterocycles. The number of aliphatic hydroxyl groups excluding tert-OH is 1. The summed E-state index contributed by atoms with van der Waals surface area (Å²) in [6.45, 7) is 3.94. The second kappa shape index (κ2) is 9.65. The van der Waals surface area contributed by atoms with E-state index in [0.29, 0.717) is 29.3 Å². The Balaban J connectivity index is 1.92. The fourth-order valence-corrected chi connectivity index (χ4v) is 5.78. The number of likely N-dealkylation sites (tertiary alicyclic amines) is 1. The zero-order valence-corrected chi connectivity index (χ0v) is 20.4. The van der Waals surface area contributed by atoms with Crippen molar-refractivity contribution in [2.75, 3.05) is 6.61 Å². The lowest BCUT2D eigenvalue weighted by Crippen LogP contribution is -2.59. The van der Waals surface area contributed by atoms with Gasteiger partial charge in [-0.3, -0.25) is 9.59 Å². The molecule has 7 heteroatoms. The van der Waals surface area contributed by atoms with Crippen LogP contribution in [0.15, 0.2) is 48.5 Å². The Morgan fingerprint density at radius 3 is 2.36 bits per heavy atom. The highest BCUT2D eigenvalue weighted by Gasteiger charge is 2.58. The maximum absolute atomic E-state index is 14.1. The van der Waals surface area contributed by atoms with E-state index in [-0.39, 0.29) is 36.9 Å². The zero-order chi connectivity index (χ0) is 23.8. The molecule has 1 amide bonds. The van der Waals surface area contributed by atoms with Gasteiger partial charge in [-0.25, -0.2) is 0 Å². The van der Waals surface area contributed by atoms with Crippen molar-refractivity contribution >= 4 is 35.1 Å². The molecule has 0 aromatic heterocycles. The van der Waals surface area contributed by atoms with Gasteiger partial charge in [0.15, 0.2) is 0 Å². The number of carbonyl (C=O) groups is 2. The van der Waals surface area contributed by atoms with Crippen LogP contribution in [-0.4, -0.2) is 40.6 Å². The summed E-state index contributed by atoms with van der Waals surface area (Å²) in [4.78, 5) is 28.2. The molecule has 2 saturated heterocycles. The van der Waals surface area contributed by atoms with E-state index in [4.69, 9.17) is 27.9 Å². The summed E-state index contributed by atoms with van der Waals surface area (Å²) in [7, 11) is 0. The topological polar surface area (TPSA) is 66.8 Å². The molecule has 5 unspecified atom stereocenters. The van der Waals surface area contributed by atoms with Crippen LogP contribution < -0.4 is 0 Å². The van der Waals surface area contributed by atoms with Gasteiger partial charge in [0.1, 0.15) is 6.61 Å². The Bertz CT molecular complexity index is 1030. The first-order chi connectivity index (χ1) is 15.8. The average Bonchev–Trinajstić information content (AvgIpc) is 3.18. The largest absolute Gasteiger partial charge is 0.464 e. The van der Waals surface area contributed by atoms with Crippen molar-refractivity contribution in [2.24, 2.45) is 5.41 Å². The minimum atomic E-state index is -0.951. The highest BCUT2D eigenvalue weighted by atomic mass is 35.5. The highest BCUT2D eigenvalue weighted by Crippen LogP contribution is 2.54. The third-order valence-corrected chi connectivity index (χ3v) is 7.59. The van der Waals surface area contributed by atoms with Gasteiger partial charge in [-0.15, -0.1) is 0 Å². The van der Waals surface area contributed by atoms with E-state index in [1.165, 1.54) is 0 Å². The van der Waals surface area contributed by atoms with Crippen LogP contribution in [0.4, 0.5) is 0 Å². The molecule has 4 rings (SSSR count). The lowest BCUT2D eigenvalue weighted by molar-refractivity contribution is -0.160. The van der Waals surface area contributed by atoms with Gasteiger partial charge in [-0.1, -0.05) is 61.3 Å². The fourth-order valence-electron chi connectivity index (χ4n) is 5.45. The van der Waals surface area contributed by atoms with Crippen LogP contribution in [0.2, 0.25) is 10.0 Å². The average molecular weight is 490 g/mol. The smallest absolute Gasteiger partial charge is 0.307 e. The number of carbonyl (C=O) groups excluding carboxylic acids is 2. The van der Waals surface area contributed by atoms with Crippen molar-refractivity contribution in [3.8, 4) is 0 Å². The summed E-state index contributed by atoms with van der Waals surface area (Å²) in [6, 6.07) is 14.4. The maximum atomic E-state index is 14.1. The summed E-state index contributed by atoms with van der Waals surface area (Å²) in [5, 5.41) is 12.2. The summed E-state index contributed by atoms with van der Waals surface area (Å²) in [5.41, 5.74) is 0.965. The monoisotopic (exact) mass is 489 g/mol. The Morgan fingerprint density at radius 2 is 1.79 bits per heavy atom. The van der Waals surface area contributed by atoms with Gasteiger partial charge in [-0.2, -0.15) is 0 Å². The van der Waals surface area contributed by atoms with Gasteiger partial charge in [0.25, 0.3) is 0 Å². The van der Waals surface area contributed by atoms with Crippen LogP contribution in [0.25, 0.3) is 0 Å². The number of ether oxygens (including phenoxy) is 1. The lowest BCUT2D eigenvalue weighted by atomic mass is 9.67. The molecular formula is C26H29Cl2NO4. The van der Waals surface area contributed by atoms with Crippen LogP contribution in [0.1, 0.15) is 62.6 Å². The normalized spacial score (nSPS) is 27.0. The number of halogens is 2. The molecule has 1 spiro atoms. The van der Waals surface area contributed by atoms with Crippen LogP contribution >= 0.6 is 23.2 Å². The van der Waals surface area contributed by atoms with Crippen molar-refractivity contribution in [2.45, 2.75) is 63.6 Å². The SMILES string of the molecule is CCC(O)C(CC)N1C(=O)C2(COC(=O)C2)CC(c2cccc(Cl)c2)C1c1ccc(Cl)cc1. The van der Waals surface area contributed by atoms with Crippen LogP contribution in [0.5, 0.6) is 0 Å². The molecule has 2 aliphatic heterocycles. The Hall–Kier alpha value is -2.08. The fraction of sp³-hybridized carbons (Fsp3) is 0.462. The third-order valence-electron chi connectivity index (χ3n) is 7.10. The summed E-state index contributed by atoms with van der Waals surface area (Å²) < 4.78 is 5.34. The molecule has 5 nitrogen and oxygen atoms in total. The number of cyclic esters (lactones) is 1. The number of aliphatic hydroxyl groups is 1. The number of esters is 1. The van der Waals surface area contributed by atoms with E-state index in [9.17, 15) is 14.7 Å². The number of rotatable bonds is 6. The molecule has 2 fully saturated rings. The van der Waals surface area contributed by atoms with Gasteiger partial charge in [0, 0.05) is 16.0 Å². The van der Waals surface area contributed by atoms with E-state index in [2.05, 4.69) is 0 Å². The Labute approximate surface area is 204 Å². The summed E-state index contributed by atoms with van der Waals surface area (Å²) in [5.74, 6) is -0.636. The van der Waals surface area contributed by atoms with Crippen LogP contribution in [0.3, 0.4) is 0 Å². The number of amides is 1. The van der Waals surface area contributed by atoms with E-state index in [1.807, 2.05) is 67.3 Å². The first-order valence-electron chi connectivity index (χ1n) is 11.5. The van der Waals surface area contributed by atoms with Crippen molar-refractivity contribution in [1.82, 2.24) is 4.90 Å². The second-order valence-electron chi connectivity index (χ2n) is 9.14. The number of hydrogen-bond donors (Lipinski definition) is 1. The predicted molar refractivity (Wildman–Crippen MR) is 128 cm³/mol. The summed E-state index contributed by atoms with van der Waals surface area (Å²) in [6.07, 6.45) is 0.908. The van der Waals surface area contributed by atoms with E-state index < -0.39 is 17.6 Å². The van der Waals surface area contributed by atoms with Gasteiger partial charge in [0.2, 0.25) is 5.91 Å². The lowest BCUT2D eigenvalue weighted by Gasteiger charge is -2.52. The van der Waals surface area contributed by atoms with Crippen molar-refractivity contribution in [1.29, 1.82) is 0 Å². The van der Waals surface area contributed by atoms with E-state index in [1.54, 1.807) is 0 Å². The molecule has 5 atom stereocenters. The maximum Gasteiger partial charge on any atom is 0.307 e. The Morgan fingerprint density at radius 1 is 1.06 bits per heavy atom. The highest BCUT2D eigenvalue weighted by molar-refractivity contribution is 6.30. The molecule has 0 bridgehead atoms. The van der Waals surface area contributed by atoms with Crippen molar-refractivity contribution in [3.63, 3.8) is 0 Å².